The van der Waals surface area contributed by atoms with E-state index < -0.39 is 0 Å². The van der Waals surface area contributed by atoms with Crippen molar-refractivity contribution in [1.29, 1.82) is 0 Å². The van der Waals surface area contributed by atoms with Gasteiger partial charge in [0.15, 0.2) is 5.82 Å². The summed E-state index contributed by atoms with van der Waals surface area (Å²) in [6, 6.07) is 12.8. The first-order valence-corrected chi connectivity index (χ1v) is 12.7. The van der Waals surface area contributed by atoms with Crippen molar-refractivity contribution in [3.05, 3.63) is 42.0 Å². The summed E-state index contributed by atoms with van der Waals surface area (Å²) in [7, 11) is 0. The molecule has 0 spiro atoms. The van der Waals surface area contributed by atoms with Crippen molar-refractivity contribution in [2.45, 2.75) is 49.5 Å². The summed E-state index contributed by atoms with van der Waals surface area (Å²) in [4.78, 5) is 20.8. The molecule has 0 unspecified atom stereocenters. The maximum Gasteiger partial charge on any atom is 0.225 e. The standard InChI is InChI=1S/C25H35N5OS/c1-4-28-15-17-30(18-16-28)25(31)21-11-13-29(14-12-21)23-9-10-24(27-26-23)32-22-7-5-20(6-8-22)19(2)3/h5-10,19,21H,4,11-18H2,1-3H3. The Hall–Kier alpha value is -2.12. The average molecular weight is 454 g/mol. The lowest BCUT2D eigenvalue weighted by Crippen LogP contribution is -2.51. The van der Waals surface area contributed by atoms with Crippen molar-refractivity contribution >= 4 is 23.5 Å². The molecule has 0 aliphatic carbocycles. The Balaban J connectivity index is 1.27. The van der Waals surface area contributed by atoms with Gasteiger partial charge < -0.3 is 14.7 Å². The molecule has 1 amide bonds. The number of piperidine rings is 1. The van der Waals surface area contributed by atoms with Crippen molar-refractivity contribution < 1.29 is 4.79 Å². The van der Waals surface area contributed by atoms with Crippen LogP contribution < -0.4 is 4.90 Å². The van der Waals surface area contributed by atoms with E-state index in [1.807, 2.05) is 6.07 Å². The van der Waals surface area contributed by atoms with Crippen molar-refractivity contribution in [1.82, 2.24) is 20.0 Å². The van der Waals surface area contributed by atoms with E-state index >= 15 is 0 Å². The number of carbonyl (C=O) groups is 1. The van der Waals surface area contributed by atoms with E-state index in [1.165, 1.54) is 10.5 Å². The van der Waals surface area contributed by atoms with Gasteiger partial charge in [-0.2, -0.15) is 0 Å². The highest BCUT2D eigenvalue weighted by Crippen LogP contribution is 2.29. The van der Waals surface area contributed by atoms with Gasteiger partial charge in [0.2, 0.25) is 5.91 Å². The molecule has 0 N–H and O–H groups in total. The first-order chi connectivity index (χ1) is 15.5. The number of anilines is 1. The van der Waals surface area contributed by atoms with E-state index in [4.69, 9.17) is 0 Å². The molecule has 1 aromatic carbocycles. The predicted molar refractivity (Wildman–Crippen MR) is 130 cm³/mol. The molecule has 2 aliphatic rings. The van der Waals surface area contributed by atoms with Gasteiger partial charge in [0, 0.05) is 50.1 Å². The molecule has 2 fully saturated rings. The highest BCUT2D eigenvalue weighted by Gasteiger charge is 2.30. The summed E-state index contributed by atoms with van der Waals surface area (Å²) in [6.07, 6.45) is 1.79. The van der Waals surface area contributed by atoms with Gasteiger partial charge in [-0.1, -0.05) is 44.7 Å². The number of carbonyl (C=O) groups excluding carboxylic acids is 1. The fourth-order valence-electron chi connectivity index (χ4n) is 4.48. The fourth-order valence-corrected chi connectivity index (χ4v) is 5.21. The molecule has 0 radical (unpaired) electrons. The van der Waals surface area contributed by atoms with Crippen LogP contribution in [0.3, 0.4) is 0 Å². The third-order valence-corrected chi connectivity index (χ3v) is 7.63. The van der Waals surface area contributed by atoms with E-state index in [-0.39, 0.29) is 5.92 Å². The normalized spacial score (nSPS) is 18.4. The lowest BCUT2D eigenvalue weighted by atomic mass is 9.95. The van der Waals surface area contributed by atoms with E-state index in [0.717, 1.165) is 69.5 Å². The van der Waals surface area contributed by atoms with Gasteiger partial charge in [-0.3, -0.25) is 4.79 Å². The minimum Gasteiger partial charge on any atom is -0.355 e. The van der Waals surface area contributed by atoms with Crippen LogP contribution in [0.1, 0.15) is 45.1 Å². The highest BCUT2D eigenvalue weighted by atomic mass is 32.2. The number of hydrogen-bond donors (Lipinski definition) is 0. The molecule has 6 nitrogen and oxygen atoms in total. The van der Waals surface area contributed by atoms with Crippen LogP contribution in [0.2, 0.25) is 0 Å². The average Bonchev–Trinajstić information content (AvgIpc) is 2.84. The zero-order valence-corrected chi connectivity index (χ0v) is 20.4. The number of piperazine rings is 1. The Labute approximate surface area is 196 Å². The Morgan fingerprint density at radius 3 is 2.22 bits per heavy atom. The molecule has 2 saturated heterocycles. The van der Waals surface area contributed by atoms with Crippen molar-refractivity contribution in [3.8, 4) is 0 Å². The van der Waals surface area contributed by atoms with Gasteiger partial charge in [0.05, 0.1) is 0 Å². The van der Waals surface area contributed by atoms with E-state index in [0.29, 0.717) is 11.8 Å². The summed E-state index contributed by atoms with van der Waals surface area (Å²) in [5, 5.41) is 9.82. The molecule has 7 heteroatoms. The van der Waals surface area contributed by atoms with Crippen LogP contribution in [-0.4, -0.2) is 71.7 Å². The number of amides is 1. The zero-order valence-electron chi connectivity index (χ0n) is 19.5. The molecule has 2 aliphatic heterocycles. The fraction of sp³-hybridized carbons (Fsp3) is 0.560. The highest BCUT2D eigenvalue weighted by molar-refractivity contribution is 7.99. The molecule has 0 atom stereocenters. The van der Waals surface area contributed by atoms with Gasteiger partial charge in [0.25, 0.3) is 0 Å². The topological polar surface area (TPSA) is 52.6 Å². The summed E-state index contributed by atoms with van der Waals surface area (Å²) >= 11 is 1.64. The molecular formula is C25H35N5OS. The van der Waals surface area contributed by atoms with Crippen molar-refractivity contribution in [3.63, 3.8) is 0 Å². The van der Waals surface area contributed by atoms with Crippen LogP contribution in [0.4, 0.5) is 5.82 Å². The number of likely N-dealkylation sites (N-methyl/N-ethyl adjacent to an activating group) is 1. The van der Waals surface area contributed by atoms with Crippen LogP contribution in [0.15, 0.2) is 46.3 Å². The molecule has 0 bridgehead atoms. The number of rotatable bonds is 6. The van der Waals surface area contributed by atoms with Gasteiger partial charge in [-0.25, -0.2) is 0 Å². The van der Waals surface area contributed by atoms with E-state index in [1.54, 1.807) is 11.8 Å². The van der Waals surface area contributed by atoms with E-state index in [2.05, 4.69) is 76.0 Å². The minimum atomic E-state index is 0.149. The summed E-state index contributed by atoms with van der Waals surface area (Å²) in [6.45, 7) is 13.2. The smallest absolute Gasteiger partial charge is 0.225 e. The lowest BCUT2D eigenvalue weighted by Gasteiger charge is -2.38. The molecule has 172 valence electrons. The third kappa shape index (κ3) is 5.62. The number of nitrogens with zero attached hydrogens (tertiary/aromatic N) is 5. The van der Waals surface area contributed by atoms with Crippen LogP contribution in [0.5, 0.6) is 0 Å². The van der Waals surface area contributed by atoms with Crippen molar-refractivity contribution in [2.24, 2.45) is 5.92 Å². The Kier molecular flexibility index (Phi) is 7.68. The van der Waals surface area contributed by atoms with Crippen LogP contribution in [0.25, 0.3) is 0 Å². The molecule has 2 aromatic rings. The van der Waals surface area contributed by atoms with Crippen LogP contribution >= 0.6 is 11.8 Å². The molecular weight excluding hydrogens is 418 g/mol. The van der Waals surface area contributed by atoms with E-state index in [9.17, 15) is 4.79 Å². The second kappa shape index (κ2) is 10.7. The summed E-state index contributed by atoms with van der Waals surface area (Å²) < 4.78 is 0. The predicted octanol–water partition coefficient (Wildman–Crippen LogP) is 4.13. The molecule has 1 aromatic heterocycles. The second-order valence-corrected chi connectivity index (χ2v) is 10.2. The molecule has 32 heavy (non-hydrogen) atoms. The van der Waals surface area contributed by atoms with Gasteiger partial charge in [0.1, 0.15) is 5.03 Å². The van der Waals surface area contributed by atoms with Gasteiger partial charge >= 0.3 is 0 Å². The lowest BCUT2D eigenvalue weighted by molar-refractivity contribution is -0.137. The quantitative estimate of drug-likeness (QED) is 0.656. The zero-order chi connectivity index (χ0) is 22.5. The van der Waals surface area contributed by atoms with Crippen LogP contribution in [0, 0.1) is 5.92 Å². The third-order valence-electron chi connectivity index (χ3n) is 6.69. The van der Waals surface area contributed by atoms with Gasteiger partial charge in [-0.05, 0) is 55.1 Å². The first kappa shape index (κ1) is 23.1. The molecule has 3 heterocycles. The Morgan fingerprint density at radius 1 is 0.969 bits per heavy atom. The second-order valence-electron chi connectivity index (χ2n) is 9.08. The number of benzene rings is 1. The summed E-state index contributed by atoms with van der Waals surface area (Å²) in [5.41, 5.74) is 1.35. The largest absolute Gasteiger partial charge is 0.355 e. The maximum absolute atomic E-state index is 12.9. The minimum absolute atomic E-state index is 0.149. The molecule has 0 saturated carbocycles. The van der Waals surface area contributed by atoms with Crippen LogP contribution in [-0.2, 0) is 4.79 Å². The monoisotopic (exact) mass is 453 g/mol. The number of hydrogen-bond acceptors (Lipinski definition) is 6. The van der Waals surface area contributed by atoms with Crippen molar-refractivity contribution in [2.75, 3.05) is 50.7 Å². The molecule has 4 rings (SSSR count). The first-order valence-electron chi connectivity index (χ1n) is 11.9. The van der Waals surface area contributed by atoms with Gasteiger partial charge in [-0.15, -0.1) is 10.2 Å². The SMILES string of the molecule is CCN1CCN(C(=O)C2CCN(c3ccc(Sc4ccc(C(C)C)cc4)nn3)CC2)CC1. The Morgan fingerprint density at radius 2 is 1.66 bits per heavy atom. The summed E-state index contributed by atoms with van der Waals surface area (Å²) in [5.74, 6) is 1.95. The maximum atomic E-state index is 12.9. The number of aromatic nitrogens is 2. The Bertz CT molecular complexity index is 870.